The number of fused-ring (bicyclic) bond motifs is 1. The van der Waals surface area contributed by atoms with Crippen LogP contribution < -0.4 is 20.1 Å². The van der Waals surface area contributed by atoms with Gasteiger partial charge in [-0.25, -0.2) is 9.78 Å². The largest absolute Gasteiger partial charge is 0.495 e. The van der Waals surface area contributed by atoms with Gasteiger partial charge in [-0.3, -0.25) is 5.32 Å². The van der Waals surface area contributed by atoms with E-state index in [1.165, 1.54) is 11.3 Å². The number of urea groups is 1. The summed E-state index contributed by atoms with van der Waals surface area (Å²) in [5, 5.41) is 5.76. The normalized spacial score (nSPS) is 10.1. The van der Waals surface area contributed by atoms with E-state index in [1.54, 1.807) is 32.4 Å². The second-order valence-corrected chi connectivity index (χ2v) is 4.79. The highest BCUT2D eigenvalue weighted by atomic mass is 32.1. The average molecular weight is 293 g/mol. The molecule has 0 bridgehead atoms. The molecule has 1 aromatic carbocycles. The molecule has 2 rings (SSSR count). The number of aromatic nitrogens is 1. The first-order valence-corrected chi connectivity index (χ1v) is 6.68. The number of anilines is 1. The summed E-state index contributed by atoms with van der Waals surface area (Å²) in [4.78, 5) is 15.9. The molecule has 2 amide bonds. The fraction of sp³-hybridized carbons (Fsp3) is 0.231. The van der Waals surface area contributed by atoms with Crippen molar-refractivity contribution in [1.82, 2.24) is 10.3 Å². The van der Waals surface area contributed by atoms with E-state index in [4.69, 9.17) is 9.47 Å². The van der Waals surface area contributed by atoms with Crippen molar-refractivity contribution >= 4 is 32.7 Å². The number of thiazole rings is 1. The molecule has 0 aliphatic rings. The van der Waals surface area contributed by atoms with E-state index in [1.807, 2.05) is 0 Å². The maximum atomic E-state index is 11.6. The van der Waals surface area contributed by atoms with Crippen molar-refractivity contribution in [3.8, 4) is 11.5 Å². The molecule has 0 saturated carbocycles. The number of carbonyl (C=O) groups is 1. The van der Waals surface area contributed by atoms with E-state index < -0.39 is 0 Å². The Kier molecular flexibility index (Phi) is 4.41. The first-order valence-electron chi connectivity index (χ1n) is 5.87. The summed E-state index contributed by atoms with van der Waals surface area (Å²) in [6.45, 7) is 3.92. The molecule has 0 unspecified atom stereocenters. The van der Waals surface area contributed by atoms with E-state index >= 15 is 0 Å². The maximum absolute atomic E-state index is 11.6. The molecule has 0 spiro atoms. The summed E-state index contributed by atoms with van der Waals surface area (Å²) < 4.78 is 11.4. The first kappa shape index (κ1) is 14.1. The van der Waals surface area contributed by atoms with Crippen LogP contribution in [0.2, 0.25) is 0 Å². The Bertz CT molecular complexity index is 598. The zero-order valence-corrected chi connectivity index (χ0v) is 12.0. The smallest absolute Gasteiger partial charge is 0.321 e. The fourth-order valence-corrected chi connectivity index (χ4v) is 2.61. The molecule has 0 saturated heterocycles. The van der Waals surface area contributed by atoms with E-state index in [9.17, 15) is 4.79 Å². The molecule has 0 aliphatic heterocycles. The molecule has 0 fully saturated rings. The van der Waals surface area contributed by atoms with Crippen molar-refractivity contribution in [1.29, 1.82) is 0 Å². The number of carbonyl (C=O) groups excluding carboxylic acids is 1. The van der Waals surface area contributed by atoms with Crippen LogP contribution in [0.4, 0.5) is 9.93 Å². The Balaban J connectivity index is 2.32. The van der Waals surface area contributed by atoms with E-state index in [2.05, 4.69) is 22.2 Å². The van der Waals surface area contributed by atoms with Crippen LogP contribution in [0.25, 0.3) is 10.2 Å². The van der Waals surface area contributed by atoms with Crippen molar-refractivity contribution in [3.63, 3.8) is 0 Å². The minimum absolute atomic E-state index is 0.332. The molecule has 7 heteroatoms. The number of rotatable bonds is 5. The molecule has 1 aromatic heterocycles. The van der Waals surface area contributed by atoms with Crippen LogP contribution in [-0.4, -0.2) is 31.8 Å². The van der Waals surface area contributed by atoms with Gasteiger partial charge in [0.1, 0.15) is 21.7 Å². The highest BCUT2D eigenvalue weighted by Crippen LogP contribution is 2.38. The minimum Gasteiger partial charge on any atom is -0.495 e. The van der Waals surface area contributed by atoms with Crippen LogP contribution in [0.5, 0.6) is 11.5 Å². The predicted molar refractivity (Wildman–Crippen MR) is 79.9 cm³/mol. The summed E-state index contributed by atoms with van der Waals surface area (Å²) in [7, 11) is 3.16. The third-order valence-electron chi connectivity index (χ3n) is 2.54. The van der Waals surface area contributed by atoms with Gasteiger partial charge in [-0.1, -0.05) is 17.4 Å². The average Bonchev–Trinajstić information content (AvgIpc) is 2.87. The van der Waals surface area contributed by atoms with E-state index in [0.29, 0.717) is 28.7 Å². The molecule has 0 atom stereocenters. The molecule has 0 aliphatic carbocycles. The quantitative estimate of drug-likeness (QED) is 0.831. The standard InChI is InChI=1S/C13H15N3O3S/c1-4-7-14-12(17)16-13-15-10-8(18-2)5-6-9(19-3)11(10)20-13/h4-6H,1,7H2,2-3H3,(H2,14,15,16,17). The van der Waals surface area contributed by atoms with Gasteiger partial charge in [0.2, 0.25) is 0 Å². The van der Waals surface area contributed by atoms with Gasteiger partial charge in [0, 0.05) is 6.54 Å². The number of ether oxygens (including phenoxy) is 2. The van der Waals surface area contributed by atoms with Gasteiger partial charge < -0.3 is 14.8 Å². The van der Waals surface area contributed by atoms with Crippen LogP contribution in [0.15, 0.2) is 24.8 Å². The lowest BCUT2D eigenvalue weighted by molar-refractivity contribution is 0.253. The van der Waals surface area contributed by atoms with Crippen LogP contribution in [-0.2, 0) is 0 Å². The third-order valence-corrected chi connectivity index (χ3v) is 3.52. The highest BCUT2D eigenvalue weighted by Gasteiger charge is 2.14. The van der Waals surface area contributed by atoms with Crippen molar-refractivity contribution in [2.24, 2.45) is 0 Å². The van der Waals surface area contributed by atoms with Crippen molar-refractivity contribution < 1.29 is 14.3 Å². The lowest BCUT2D eigenvalue weighted by atomic mass is 10.3. The summed E-state index contributed by atoms with van der Waals surface area (Å²) in [6, 6.07) is 3.26. The maximum Gasteiger partial charge on any atom is 0.321 e. The predicted octanol–water partition coefficient (Wildman–Crippen LogP) is 2.62. The Morgan fingerprint density at radius 2 is 2.10 bits per heavy atom. The lowest BCUT2D eigenvalue weighted by Gasteiger charge is -2.03. The minimum atomic E-state index is -0.332. The summed E-state index contributed by atoms with van der Waals surface area (Å²) in [5.41, 5.74) is 0.663. The van der Waals surface area contributed by atoms with Crippen LogP contribution in [0, 0.1) is 0 Å². The molecule has 106 valence electrons. The molecular weight excluding hydrogens is 278 g/mol. The Labute approximate surface area is 120 Å². The number of nitrogens with zero attached hydrogens (tertiary/aromatic N) is 1. The molecule has 20 heavy (non-hydrogen) atoms. The first-order chi connectivity index (χ1) is 9.69. The van der Waals surface area contributed by atoms with Gasteiger partial charge in [-0.2, -0.15) is 0 Å². The van der Waals surface area contributed by atoms with Gasteiger partial charge in [0.15, 0.2) is 5.13 Å². The SMILES string of the molecule is C=CCNC(=O)Nc1nc2c(OC)ccc(OC)c2s1. The molecule has 2 N–H and O–H groups in total. The van der Waals surface area contributed by atoms with Crippen molar-refractivity contribution in [2.45, 2.75) is 0 Å². The molecule has 0 radical (unpaired) electrons. The molecule has 2 aromatic rings. The third kappa shape index (κ3) is 2.83. The van der Waals surface area contributed by atoms with Crippen LogP contribution in [0.1, 0.15) is 0 Å². The van der Waals surface area contributed by atoms with E-state index in [0.717, 1.165) is 4.70 Å². The number of hydrogen-bond donors (Lipinski definition) is 2. The topological polar surface area (TPSA) is 72.5 Å². The van der Waals surface area contributed by atoms with Crippen LogP contribution >= 0.6 is 11.3 Å². The lowest BCUT2D eigenvalue weighted by Crippen LogP contribution is -2.28. The summed E-state index contributed by atoms with van der Waals surface area (Å²) in [6.07, 6.45) is 1.60. The monoisotopic (exact) mass is 293 g/mol. The van der Waals surface area contributed by atoms with Gasteiger partial charge in [0.25, 0.3) is 0 Å². The highest BCUT2D eigenvalue weighted by molar-refractivity contribution is 7.22. The second kappa shape index (κ2) is 6.25. The number of hydrogen-bond acceptors (Lipinski definition) is 5. The van der Waals surface area contributed by atoms with Crippen LogP contribution in [0.3, 0.4) is 0 Å². The van der Waals surface area contributed by atoms with Gasteiger partial charge >= 0.3 is 6.03 Å². The number of methoxy groups -OCH3 is 2. The van der Waals surface area contributed by atoms with E-state index in [-0.39, 0.29) is 6.03 Å². The fourth-order valence-electron chi connectivity index (χ4n) is 1.65. The van der Waals surface area contributed by atoms with Crippen molar-refractivity contribution in [3.05, 3.63) is 24.8 Å². The number of nitrogens with one attached hydrogen (secondary N) is 2. The van der Waals surface area contributed by atoms with Gasteiger partial charge in [0.05, 0.1) is 14.2 Å². The van der Waals surface area contributed by atoms with Gasteiger partial charge in [-0.15, -0.1) is 6.58 Å². The Hall–Kier alpha value is -2.28. The Morgan fingerprint density at radius 1 is 1.40 bits per heavy atom. The number of benzene rings is 1. The number of amides is 2. The van der Waals surface area contributed by atoms with Gasteiger partial charge in [-0.05, 0) is 12.1 Å². The molecule has 6 nitrogen and oxygen atoms in total. The van der Waals surface area contributed by atoms with Crippen molar-refractivity contribution in [2.75, 3.05) is 26.1 Å². The summed E-state index contributed by atoms with van der Waals surface area (Å²) in [5.74, 6) is 1.33. The summed E-state index contributed by atoms with van der Waals surface area (Å²) >= 11 is 1.33. The zero-order chi connectivity index (χ0) is 14.5. The second-order valence-electron chi connectivity index (χ2n) is 3.79. The Morgan fingerprint density at radius 3 is 2.75 bits per heavy atom. The molecular formula is C13H15N3O3S. The molecule has 1 heterocycles. The zero-order valence-electron chi connectivity index (χ0n) is 11.2.